The Kier molecular flexibility index (Phi) is 2.25. The lowest BCUT2D eigenvalue weighted by atomic mass is 10.1. The molecule has 0 saturated heterocycles. The Bertz CT molecular complexity index is 1130. The van der Waals surface area contributed by atoms with Crippen molar-refractivity contribution in [3.8, 4) is 5.69 Å². The van der Waals surface area contributed by atoms with E-state index in [0.29, 0.717) is 0 Å². The number of nitrogens with zero attached hydrogens (tertiary/aromatic N) is 1. The quantitative estimate of drug-likeness (QED) is 0.432. The minimum atomic E-state index is 1.18. The minimum Gasteiger partial charge on any atom is -0.353 e. The van der Waals surface area contributed by atoms with Crippen LogP contribution in [0.2, 0.25) is 0 Å². The van der Waals surface area contributed by atoms with Gasteiger partial charge in [0.15, 0.2) is 0 Å². The van der Waals surface area contributed by atoms with Crippen LogP contribution in [0.25, 0.3) is 38.4 Å². The summed E-state index contributed by atoms with van der Waals surface area (Å²) >= 11 is 0. The summed E-state index contributed by atoms with van der Waals surface area (Å²) in [7, 11) is 0. The van der Waals surface area contributed by atoms with E-state index in [2.05, 4.69) is 88.5 Å². The summed E-state index contributed by atoms with van der Waals surface area (Å²) in [6.07, 6.45) is 2.14. The number of hydrogen-bond acceptors (Lipinski definition) is 0. The van der Waals surface area contributed by atoms with Crippen LogP contribution in [0, 0.1) is 0 Å². The van der Waals surface area contributed by atoms with E-state index in [9.17, 15) is 0 Å². The molecule has 0 radical (unpaired) electrons. The molecule has 2 aromatic heterocycles. The summed E-state index contributed by atoms with van der Waals surface area (Å²) in [6, 6.07) is 25.6. The van der Waals surface area contributed by atoms with Crippen molar-refractivity contribution in [3.63, 3.8) is 0 Å². The molecule has 2 heterocycles. The van der Waals surface area contributed by atoms with Crippen molar-refractivity contribution in [1.82, 2.24) is 9.55 Å². The first-order valence-corrected chi connectivity index (χ1v) is 7.48. The fourth-order valence-corrected chi connectivity index (χ4v) is 3.35. The lowest BCUT2D eigenvalue weighted by molar-refractivity contribution is 1.14. The highest BCUT2D eigenvalue weighted by atomic mass is 15.0. The van der Waals surface area contributed by atoms with Gasteiger partial charge in [-0.3, -0.25) is 0 Å². The van der Waals surface area contributed by atoms with Gasteiger partial charge < -0.3 is 9.55 Å². The Labute approximate surface area is 127 Å². The van der Waals surface area contributed by atoms with E-state index in [-0.39, 0.29) is 0 Å². The maximum Gasteiger partial charge on any atom is 0.0709 e. The number of para-hydroxylation sites is 3. The van der Waals surface area contributed by atoms with E-state index in [1.807, 2.05) is 0 Å². The lowest BCUT2D eigenvalue weighted by Crippen LogP contribution is -1.92. The summed E-state index contributed by atoms with van der Waals surface area (Å²) < 4.78 is 2.26. The highest BCUT2D eigenvalue weighted by Crippen LogP contribution is 2.31. The predicted molar refractivity (Wildman–Crippen MR) is 92.6 cm³/mol. The van der Waals surface area contributed by atoms with Crippen LogP contribution in [-0.4, -0.2) is 9.55 Å². The molecule has 22 heavy (non-hydrogen) atoms. The number of hydrogen-bond donors (Lipinski definition) is 1. The molecular formula is C20H14N2. The Morgan fingerprint density at radius 1 is 0.682 bits per heavy atom. The third-order valence-corrected chi connectivity index (χ3v) is 4.38. The maximum atomic E-state index is 3.58. The van der Waals surface area contributed by atoms with Gasteiger partial charge in [-0.2, -0.15) is 0 Å². The van der Waals surface area contributed by atoms with Crippen molar-refractivity contribution in [2.75, 3.05) is 0 Å². The fourth-order valence-electron chi connectivity index (χ4n) is 3.35. The van der Waals surface area contributed by atoms with Crippen molar-refractivity contribution in [2.45, 2.75) is 0 Å². The van der Waals surface area contributed by atoms with Crippen LogP contribution in [-0.2, 0) is 0 Å². The monoisotopic (exact) mass is 282 g/mol. The number of nitrogens with one attached hydrogen (secondary N) is 1. The molecule has 0 aliphatic carbocycles. The average molecular weight is 282 g/mol. The van der Waals surface area contributed by atoms with Crippen LogP contribution in [0.4, 0.5) is 0 Å². The first-order valence-electron chi connectivity index (χ1n) is 7.48. The van der Waals surface area contributed by atoms with Gasteiger partial charge in [0.2, 0.25) is 0 Å². The summed E-state index contributed by atoms with van der Waals surface area (Å²) in [5, 5.41) is 3.80. The molecule has 0 fully saturated rings. The zero-order valence-corrected chi connectivity index (χ0v) is 12.0. The molecule has 0 bridgehead atoms. The molecule has 5 aromatic rings. The van der Waals surface area contributed by atoms with Gasteiger partial charge in [0.1, 0.15) is 0 Å². The van der Waals surface area contributed by atoms with E-state index < -0.39 is 0 Å². The van der Waals surface area contributed by atoms with Crippen molar-refractivity contribution in [3.05, 3.63) is 79.0 Å². The Hall–Kier alpha value is -3.00. The van der Waals surface area contributed by atoms with Crippen molar-refractivity contribution >= 4 is 32.7 Å². The van der Waals surface area contributed by atoms with Crippen LogP contribution in [0.5, 0.6) is 0 Å². The minimum absolute atomic E-state index is 1.18. The zero-order chi connectivity index (χ0) is 14.5. The summed E-state index contributed by atoms with van der Waals surface area (Å²) in [5.41, 5.74) is 4.79. The Morgan fingerprint density at radius 3 is 2.50 bits per heavy atom. The van der Waals surface area contributed by atoms with E-state index >= 15 is 0 Å². The predicted octanol–water partition coefficient (Wildman–Crippen LogP) is 5.27. The second-order valence-corrected chi connectivity index (χ2v) is 5.61. The zero-order valence-electron chi connectivity index (χ0n) is 12.0. The molecule has 0 aliphatic heterocycles. The molecule has 0 amide bonds. The molecule has 0 spiro atoms. The molecule has 1 N–H and O–H groups in total. The fraction of sp³-hybridized carbons (Fsp3) is 0. The van der Waals surface area contributed by atoms with Crippen molar-refractivity contribution < 1.29 is 0 Å². The first kappa shape index (κ1) is 11.6. The molecule has 5 rings (SSSR count). The Morgan fingerprint density at radius 2 is 1.50 bits per heavy atom. The molecule has 2 heteroatoms. The standard InChI is InChI=1S/C20H14N2/c1-4-10-18-14(6-1)12-13-22(18)19-11-5-8-16-15-7-2-3-9-17(15)21-20(16)19/h1-13,21H. The third kappa shape index (κ3) is 1.49. The van der Waals surface area contributed by atoms with Crippen LogP contribution in [0.1, 0.15) is 0 Å². The SMILES string of the molecule is c1ccc2c(c1)ccn2-c1cccc2c1[nH]c1ccccc12. The number of aromatic amines is 1. The van der Waals surface area contributed by atoms with Crippen LogP contribution in [0.3, 0.4) is 0 Å². The number of fused-ring (bicyclic) bond motifs is 4. The van der Waals surface area contributed by atoms with Gasteiger partial charge in [0.25, 0.3) is 0 Å². The third-order valence-electron chi connectivity index (χ3n) is 4.38. The van der Waals surface area contributed by atoms with Gasteiger partial charge in [-0.1, -0.05) is 48.5 Å². The van der Waals surface area contributed by atoms with Gasteiger partial charge >= 0.3 is 0 Å². The van der Waals surface area contributed by atoms with Gasteiger partial charge in [0.05, 0.1) is 16.7 Å². The van der Waals surface area contributed by atoms with Gasteiger partial charge in [-0.25, -0.2) is 0 Å². The summed E-state index contributed by atoms with van der Waals surface area (Å²) in [5.74, 6) is 0. The molecule has 2 nitrogen and oxygen atoms in total. The highest BCUT2D eigenvalue weighted by molar-refractivity contribution is 6.10. The smallest absolute Gasteiger partial charge is 0.0709 e. The van der Waals surface area contributed by atoms with Gasteiger partial charge in [-0.15, -0.1) is 0 Å². The van der Waals surface area contributed by atoms with Crippen LogP contribution >= 0.6 is 0 Å². The summed E-state index contributed by atoms with van der Waals surface area (Å²) in [4.78, 5) is 3.58. The molecular weight excluding hydrogens is 268 g/mol. The molecule has 0 atom stereocenters. The number of H-pyrrole nitrogens is 1. The topological polar surface area (TPSA) is 20.7 Å². The normalized spacial score (nSPS) is 11.6. The Balaban J connectivity index is 1.92. The summed E-state index contributed by atoms with van der Waals surface area (Å²) in [6.45, 7) is 0. The largest absolute Gasteiger partial charge is 0.353 e. The average Bonchev–Trinajstić information content (AvgIpc) is 3.16. The van der Waals surface area contributed by atoms with Crippen molar-refractivity contribution in [1.29, 1.82) is 0 Å². The van der Waals surface area contributed by atoms with Gasteiger partial charge in [0, 0.05) is 22.5 Å². The van der Waals surface area contributed by atoms with Crippen LogP contribution in [0.15, 0.2) is 79.0 Å². The number of aromatic nitrogens is 2. The molecule has 104 valence electrons. The van der Waals surface area contributed by atoms with E-state index in [0.717, 1.165) is 0 Å². The second kappa shape index (κ2) is 4.25. The first-order chi connectivity index (χ1) is 10.9. The molecule has 0 aliphatic rings. The van der Waals surface area contributed by atoms with Crippen molar-refractivity contribution in [2.24, 2.45) is 0 Å². The maximum absolute atomic E-state index is 3.58. The number of rotatable bonds is 1. The van der Waals surface area contributed by atoms with Crippen LogP contribution < -0.4 is 0 Å². The molecule has 3 aromatic carbocycles. The van der Waals surface area contributed by atoms with Gasteiger partial charge in [-0.05, 0) is 29.7 Å². The highest BCUT2D eigenvalue weighted by Gasteiger charge is 2.10. The number of benzene rings is 3. The molecule has 0 saturated carbocycles. The van der Waals surface area contributed by atoms with E-state index in [1.165, 1.54) is 38.4 Å². The van der Waals surface area contributed by atoms with E-state index in [1.54, 1.807) is 0 Å². The lowest BCUT2D eigenvalue weighted by Gasteiger charge is -2.07. The molecule has 0 unspecified atom stereocenters. The second-order valence-electron chi connectivity index (χ2n) is 5.61. The van der Waals surface area contributed by atoms with E-state index in [4.69, 9.17) is 0 Å².